The Kier molecular flexibility index (Phi) is 3.09. The van der Waals surface area contributed by atoms with Crippen molar-refractivity contribution in [3.63, 3.8) is 0 Å². The smallest absolute Gasteiger partial charge is 0.280 e. The number of nitrogens with zero attached hydrogens (tertiary/aromatic N) is 4. The van der Waals surface area contributed by atoms with Gasteiger partial charge in [0.2, 0.25) is 0 Å². The molecule has 6 nitrogen and oxygen atoms in total. The molecule has 0 aliphatic rings. The SMILES string of the molecule is Cc1cccc([N+](=O)[O-])c1-c1nncn1C(C)(C)C. The number of aryl methyl sites for hydroxylation is 1. The van der Waals surface area contributed by atoms with E-state index in [1.165, 1.54) is 6.07 Å². The molecule has 2 aromatic rings. The van der Waals surface area contributed by atoms with Crippen molar-refractivity contribution in [2.45, 2.75) is 33.2 Å². The standard InChI is InChI=1S/C13H16N4O2/c1-9-6-5-7-10(17(18)19)11(9)12-15-14-8-16(12)13(2,3)4/h5-8H,1-4H3. The summed E-state index contributed by atoms with van der Waals surface area (Å²) in [7, 11) is 0. The molecule has 0 amide bonds. The van der Waals surface area contributed by atoms with E-state index in [2.05, 4.69) is 10.2 Å². The van der Waals surface area contributed by atoms with Gasteiger partial charge in [0.25, 0.3) is 5.69 Å². The number of aromatic nitrogens is 3. The van der Waals surface area contributed by atoms with Crippen LogP contribution in [0.3, 0.4) is 0 Å². The monoisotopic (exact) mass is 260 g/mol. The Morgan fingerprint density at radius 2 is 2.00 bits per heavy atom. The highest BCUT2D eigenvalue weighted by molar-refractivity contribution is 5.71. The molecule has 100 valence electrons. The third-order valence-electron chi connectivity index (χ3n) is 2.94. The van der Waals surface area contributed by atoms with Gasteiger partial charge in [0.15, 0.2) is 5.82 Å². The first-order chi connectivity index (χ1) is 8.82. The maximum atomic E-state index is 11.2. The Labute approximate surface area is 111 Å². The third-order valence-corrected chi connectivity index (χ3v) is 2.94. The average molecular weight is 260 g/mol. The molecular weight excluding hydrogens is 244 g/mol. The van der Waals surface area contributed by atoms with E-state index in [9.17, 15) is 10.1 Å². The second kappa shape index (κ2) is 4.46. The summed E-state index contributed by atoms with van der Waals surface area (Å²) in [6.45, 7) is 7.85. The molecule has 0 atom stereocenters. The van der Waals surface area contributed by atoms with Gasteiger partial charge in [-0.3, -0.25) is 10.1 Å². The van der Waals surface area contributed by atoms with Gasteiger partial charge in [0.1, 0.15) is 6.33 Å². The maximum absolute atomic E-state index is 11.2. The van der Waals surface area contributed by atoms with E-state index in [0.29, 0.717) is 11.4 Å². The van der Waals surface area contributed by atoms with Crippen molar-refractivity contribution >= 4 is 5.69 Å². The molecule has 0 bridgehead atoms. The Morgan fingerprint density at radius 1 is 1.32 bits per heavy atom. The van der Waals surface area contributed by atoms with Crippen LogP contribution >= 0.6 is 0 Å². The quantitative estimate of drug-likeness (QED) is 0.614. The Balaban J connectivity index is 2.73. The molecular formula is C13H16N4O2. The highest BCUT2D eigenvalue weighted by Crippen LogP contribution is 2.33. The summed E-state index contributed by atoms with van der Waals surface area (Å²) in [6.07, 6.45) is 1.60. The molecule has 0 aliphatic carbocycles. The van der Waals surface area contributed by atoms with E-state index in [1.54, 1.807) is 12.4 Å². The normalized spacial score (nSPS) is 11.6. The topological polar surface area (TPSA) is 73.8 Å². The molecule has 0 radical (unpaired) electrons. The lowest BCUT2D eigenvalue weighted by atomic mass is 10.0. The van der Waals surface area contributed by atoms with Gasteiger partial charge in [-0.05, 0) is 33.3 Å². The second-order valence-electron chi connectivity index (χ2n) is 5.42. The lowest BCUT2D eigenvalue weighted by Gasteiger charge is -2.22. The largest absolute Gasteiger partial charge is 0.308 e. The van der Waals surface area contributed by atoms with Gasteiger partial charge in [0.05, 0.1) is 10.5 Å². The molecule has 6 heteroatoms. The molecule has 0 saturated carbocycles. The van der Waals surface area contributed by atoms with Crippen LogP contribution in [0.25, 0.3) is 11.4 Å². The van der Waals surface area contributed by atoms with Gasteiger partial charge < -0.3 is 4.57 Å². The van der Waals surface area contributed by atoms with Crippen LogP contribution in [0.1, 0.15) is 26.3 Å². The fourth-order valence-corrected chi connectivity index (χ4v) is 1.99. The number of rotatable bonds is 2. The molecule has 0 fully saturated rings. The van der Waals surface area contributed by atoms with E-state index >= 15 is 0 Å². The summed E-state index contributed by atoms with van der Waals surface area (Å²) in [4.78, 5) is 10.8. The summed E-state index contributed by atoms with van der Waals surface area (Å²) in [5.41, 5.74) is 1.15. The molecule has 0 unspecified atom stereocenters. The van der Waals surface area contributed by atoms with Gasteiger partial charge in [-0.15, -0.1) is 10.2 Å². The molecule has 1 aromatic carbocycles. The predicted molar refractivity (Wildman–Crippen MR) is 71.8 cm³/mol. The molecule has 0 aliphatic heterocycles. The minimum Gasteiger partial charge on any atom is -0.308 e. The lowest BCUT2D eigenvalue weighted by Crippen LogP contribution is -2.22. The number of nitro benzene ring substituents is 1. The zero-order valence-corrected chi connectivity index (χ0v) is 11.4. The van der Waals surface area contributed by atoms with E-state index < -0.39 is 0 Å². The Bertz CT molecular complexity index is 626. The number of nitro groups is 1. The highest BCUT2D eigenvalue weighted by Gasteiger charge is 2.25. The van der Waals surface area contributed by atoms with Crippen LogP contribution in [0.4, 0.5) is 5.69 Å². The zero-order chi connectivity index (χ0) is 14.2. The summed E-state index contributed by atoms with van der Waals surface area (Å²) >= 11 is 0. The van der Waals surface area contributed by atoms with Crippen LogP contribution in [0.5, 0.6) is 0 Å². The van der Waals surface area contributed by atoms with Crippen LogP contribution in [0.15, 0.2) is 24.5 Å². The predicted octanol–water partition coefficient (Wildman–Crippen LogP) is 2.92. The molecule has 0 saturated heterocycles. The van der Waals surface area contributed by atoms with Crippen molar-refractivity contribution in [3.05, 3.63) is 40.2 Å². The zero-order valence-electron chi connectivity index (χ0n) is 11.4. The van der Waals surface area contributed by atoms with Crippen molar-refractivity contribution < 1.29 is 4.92 Å². The van der Waals surface area contributed by atoms with Gasteiger partial charge in [-0.25, -0.2) is 0 Å². The summed E-state index contributed by atoms with van der Waals surface area (Å²) < 4.78 is 1.85. The van der Waals surface area contributed by atoms with Crippen LogP contribution in [-0.4, -0.2) is 19.7 Å². The summed E-state index contributed by atoms with van der Waals surface area (Å²) in [5, 5.41) is 19.1. The fraction of sp³-hybridized carbons (Fsp3) is 0.385. The number of hydrogen-bond acceptors (Lipinski definition) is 4. The van der Waals surface area contributed by atoms with E-state index in [4.69, 9.17) is 0 Å². The Morgan fingerprint density at radius 3 is 2.58 bits per heavy atom. The van der Waals surface area contributed by atoms with Crippen molar-refractivity contribution in [2.24, 2.45) is 0 Å². The minimum atomic E-state index is -0.385. The van der Waals surface area contributed by atoms with E-state index in [1.807, 2.05) is 38.3 Å². The molecule has 2 rings (SSSR count). The molecule has 19 heavy (non-hydrogen) atoms. The first kappa shape index (κ1) is 13.2. The lowest BCUT2D eigenvalue weighted by molar-refractivity contribution is -0.384. The van der Waals surface area contributed by atoms with Crippen LogP contribution in [0, 0.1) is 17.0 Å². The van der Waals surface area contributed by atoms with Gasteiger partial charge in [-0.1, -0.05) is 12.1 Å². The highest BCUT2D eigenvalue weighted by atomic mass is 16.6. The van der Waals surface area contributed by atoms with Crippen LogP contribution < -0.4 is 0 Å². The van der Waals surface area contributed by atoms with Crippen LogP contribution in [-0.2, 0) is 5.54 Å². The molecule has 0 spiro atoms. The summed E-state index contributed by atoms with van der Waals surface area (Å²) in [6, 6.07) is 5.00. The molecule has 1 heterocycles. The number of hydrogen-bond donors (Lipinski definition) is 0. The second-order valence-corrected chi connectivity index (χ2v) is 5.42. The van der Waals surface area contributed by atoms with Crippen LogP contribution in [0.2, 0.25) is 0 Å². The van der Waals surface area contributed by atoms with Crippen molar-refractivity contribution in [1.82, 2.24) is 14.8 Å². The van der Waals surface area contributed by atoms with Gasteiger partial charge in [0, 0.05) is 11.6 Å². The number of benzene rings is 1. The Hall–Kier alpha value is -2.24. The first-order valence-electron chi connectivity index (χ1n) is 5.97. The van der Waals surface area contributed by atoms with E-state index in [-0.39, 0.29) is 16.1 Å². The van der Waals surface area contributed by atoms with Crippen molar-refractivity contribution in [3.8, 4) is 11.4 Å². The van der Waals surface area contributed by atoms with Crippen molar-refractivity contribution in [1.29, 1.82) is 0 Å². The molecule has 0 N–H and O–H groups in total. The van der Waals surface area contributed by atoms with Gasteiger partial charge >= 0.3 is 0 Å². The first-order valence-corrected chi connectivity index (χ1v) is 5.97. The average Bonchev–Trinajstić information content (AvgIpc) is 2.76. The molecule has 1 aromatic heterocycles. The van der Waals surface area contributed by atoms with Gasteiger partial charge in [-0.2, -0.15) is 0 Å². The van der Waals surface area contributed by atoms with E-state index in [0.717, 1.165) is 5.56 Å². The summed E-state index contributed by atoms with van der Waals surface area (Å²) in [5.74, 6) is 0.525. The maximum Gasteiger partial charge on any atom is 0.280 e. The fourth-order valence-electron chi connectivity index (χ4n) is 1.99. The third kappa shape index (κ3) is 2.33. The van der Waals surface area contributed by atoms with Crippen molar-refractivity contribution in [2.75, 3.05) is 0 Å². The minimum absolute atomic E-state index is 0.0542.